The first-order valence-corrected chi connectivity index (χ1v) is 9.01. The van der Waals surface area contributed by atoms with E-state index in [2.05, 4.69) is 10.5 Å². The second-order valence-corrected chi connectivity index (χ2v) is 6.77. The fourth-order valence-corrected chi connectivity index (χ4v) is 3.04. The minimum atomic E-state index is -0.133. The van der Waals surface area contributed by atoms with E-state index in [-0.39, 0.29) is 11.9 Å². The van der Waals surface area contributed by atoms with E-state index in [0.29, 0.717) is 39.3 Å². The molecule has 27 heavy (non-hydrogen) atoms. The Morgan fingerprint density at radius 3 is 2.44 bits per heavy atom. The van der Waals surface area contributed by atoms with Crippen LogP contribution in [0.3, 0.4) is 0 Å². The fraction of sp³-hybridized carbons (Fsp3) is 0.421. The van der Waals surface area contributed by atoms with Crippen LogP contribution in [0.5, 0.6) is 0 Å². The number of nitrogens with one attached hydrogen (secondary N) is 1. The normalized spacial score (nSPS) is 14.5. The topological polar surface area (TPSA) is 81.9 Å². The van der Waals surface area contributed by atoms with Gasteiger partial charge in [-0.15, -0.1) is 0 Å². The van der Waals surface area contributed by atoms with Gasteiger partial charge in [0, 0.05) is 44.5 Å². The maximum atomic E-state index is 12.5. The third-order valence-electron chi connectivity index (χ3n) is 4.46. The Labute approximate surface area is 158 Å². The average Bonchev–Trinajstić information content (AvgIpc) is 3.07. The summed E-state index contributed by atoms with van der Waals surface area (Å²) in [6.45, 7) is 4.84. The molecule has 0 atom stereocenters. The first kappa shape index (κ1) is 18.9. The lowest BCUT2D eigenvalue weighted by atomic mass is 10.3. The van der Waals surface area contributed by atoms with Gasteiger partial charge in [0.1, 0.15) is 5.76 Å². The summed E-state index contributed by atoms with van der Waals surface area (Å²) in [4.78, 5) is 30.3. The Morgan fingerprint density at radius 1 is 1.15 bits per heavy atom. The summed E-state index contributed by atoms with van der Waals surface area (Å²) in [6, 6.07) is 11.1. The predicted octanol–water partition coefficient (Wildman–Crippen LogP) is 1.79. The van der Waals surface area contributed by atoms with E-state index in [9.17, 15) is 9.59 Å². The first-order chi connectivity index (χ1) is 13.0. The number of benzene rings is 1. The molecule has 2 heterocycles. The van der Waals surface area contributed by atoms with Crippen molar-refractivity contribution in [1.29, 1.82) is 0 Å². The molecule has 144 valence electrons. The van der Waals surface area contributed by atoms with Crippen LogP contribution < -0.4 is 5.32 Å². The number of carbonyl (C=O) groups excluding carboxylic acids is 2. The van der Waals surface area contributed by atoms with Gasteiger partial charge in [-0.05, 0) is 26.1 Å². The number of para-hydroxylation sites is 1. The molecule has 0 spiro atoms. The van der Waals surface area contributed by atoms with Crippen molar-refractivity contribution in [3.63, 3.8) is 0 Å². The van der Waals surface area contributed by atoms with Crippen LogP contribution in [0.2, 0.25) is 0 Å². The number of urea groups is 1. The third kappa shape index (κ3) is 5.30. The molecule has 1 fully saturated rings. The minimum Gasteiger partial charge on any atom is -0.361 e. The van der Waals surface area contributed by atoms with Crippen molar-refractivity contribution in [2.24, 2.45) is 0 Å². The molecule has 3 rings (SSSR count). The number of anilines is 1. The largest absolute Gasteiger partial charge is 0.361 e. The zero-order chi connectivity index (χ0) is 19.2. The summed E-state index contributed by atoms with van der Waals surface area (Å²) in [7, 11) is 1.88. The SMILES string of the molecule is Cc1cc(CN(C)CC(=O)N2CCN(C(=O)Nc3ccccc3)CC2)no1. The zero-order valence-corrected chi connectivity index (χ0v) is 15.7. The van der Waals surface area contributed by atoms with Crippen molar-refractivity contribution in [2.45, 2.75) is 13.5 Å². The molecule has 8 nitrogen and oxygen atoms in total. The minimum absolute atomic E-state index is 0.0563. The van der Waals surface area contributed by atoms with Gasteiger partial charge in [0.05, 0.1) is 12.2 Å². The number of hydrogen-bond donors (Lipinski definition) is 1. The van der Waals surface area contributed by atoms with Crippen LogP contribution in [-0.2, 0) is 11.3 Å². The summed E-state index contributed by atoms with van der Waals surface area (Å²) < 4.78 is 5.05. The summed E-state index contributed by atoms with van der Waals surface area (Å²) in [5.41, 5.74) is 1.58. The molecule has 1 aromatic carbocycles. The van der Waals surface area contributed by atoms with Crippen molar-refractivity contribution in [1.82, 2.24) is 19.9 Å². The van der Waals surface area contributed by atoms with E-state index in [1.807, 2.05) is 55.3 Å². The molecule has 2 aromatic rings. The monoisotopic (exact) mass is 371 g/mol. The molecule has 1 aliphatic heterocycles. The Hall–Kier alpha value is -2.87. The van der Waals surface area contributed by atoms with Crippen LogP contribution >= 0.6 is 0 Å². The zero-order valence-electron chi connectivity index (χ0n) is 15.7. The molecule has 0 saturated carbocycles. The molecular weight excluding hydrogens is 346 g/mol. The van der Waals surface area contributed by atoms with Crippen molar-refractivity contribution < 1.29 is 14.1 Å². The number of piperazine rings is 1. The molecule has 0 radical (unpaired) electrons. The van der Waals surface area contributed by atoms with Crippen LogP contribution in [0.15, 0.2) is 40.9 Å². The lowest BCUT2D eigenvalue weighted by Gasteiger charge is -2.35. The van der Waals surface area contributed by atoms with Gasteiger partial charge < -0.3 is 19.6 Å². The number of aromatic nitrogens is 1. The Kier molecular flexibility index (Phi) is 6.08. The third-order valence-corrected chi connectivity index (χ3v) is 4.46. The maximum absolute atomic E-state index is 12.5. The molecule has 3 amide bonds. The molecule has 1 aromatic heterocycles. The number of nitrogens with zero attached hydrogens (tertiary/aromatic N) is 4. The average molecular weight is 371 g/mol. The van der Waals surface area contributed by atoms with Crippen LogP contribution in [0, 0.1) is 6.92 Å². The highest BCUT2D eigenvalue weighted by molar-refractivity contribution is 5.89. The van der Waals surface area contributed by atoms with Gasteiger partial charge in [-0.1, -0.05) is 23.4 Å². The van der Waals surface area contributed by atoms with Gasteiger partial charge in [0.2, 0.25) is 5.91 Å². The van der Waals surface area contributed by atoms with Crippen LogP contribution in [0.4, 0.5) is 10.5 Å². The Bertz CT molecular complexity index is 769. The summed E-state index contributed by atoms with van der Waals surface area (Å²) in [5, 5.41) is 6.82. The van der Waals surface area contributed by atoms with Crippen LogP contribution in [0.25, 0.3) is 0 Å². The maximum Gasteiger partial charge on any atom is 0.321 e. The molecule has 1 aliphatic rings. The van der Waals surface area contributed by atoms with Gasteiger partial charge in [0.15, 0.2) is 0 Å². The number of aryl methyl sites for hydroxylation is 1. The number of rotatable bonds is 5. The van der Waals surface area contributed by atoms with Gasteiger partial charge >= 0.3 is 6.03 Å². The van der Waals surface area contributed by atoms with Crippen molar-refractivity contribution in [3.05, 3.63) is 47.9 Å². The molecule has 0 aliphatic carbocycles. The van der Waals surface area contributed by atoms with Crippen molar-refractivity contribution in [2.75, 3.05) is 45.1 Å². The van der Waals surface area contributed by atoms with Crippen LogP contribution in [-0.4, -0.2) is 71.6 Å². The summed E-state index contributed by atoms with van der Waals surface area (Å²) >= 11 is 0. The highest BCUT2D eigenvalue weighted by atomic mass is 16.5. The number of hydrogen-bond acceptors (Lipinski definition) is 5. The van der Waals surface area contributed by atoms with Crippen LogP contribution in [0.1, 0.15) is 11.5 Å². The van der Waals surface area contributed by atoms with E-state index < -0.39 is 0 Å². The van der Waals surface area contributed by atoms with E-state index in [0.717, 1.165) is 17.1 Å². The van der Waals surface area contributed by atoms with Gasteiger partial charge in [-0.2, -0.15) is 0 Å². The highest BCUT2D eigenvalue weighted by Gasteiger charge is 2.24. The number of amides is 3. The first-order valence-electron chi connectivity index (χ1n) is 9.01. The Morgan fingerprint density at radius 2 is 1.81 bits per heavy atom. The van der Waals surface area contributed by atoms with E-state index >= 15 is 0 Å². The smallest absolute Gasteiger partial charge is 0.321 e. The van der Waals surface area contributed by atoms with E-state index in [1.165, 1.54) is 0 Å². The fourth-order valence-electron chi connectivity index (χ4n) is 3.04. The molecule has 1 saturated heterocycles. The summed E-state index contributed by atoms with van der Waals surface area (Å²) in [5.74, 6) is 0.815. The number of likely N-dealkylation sites (N-methyl/N-ethyl adjacent to an activating group) is 1. The standard InChI is InChI=1S/C19H25N5O3/c1-15-12-17(21-27-15)13-22(2)14-18(25)23-8-10-24(11-9-23)19(26)20-16-6-4-3-5-7-16/h3-7,12H,8-11,13-14H2,1-2H3,(H,20,26). The highest BCUT2D eigenvalue weighted by Crippen LogP contribution is 2.10. The van der Waals surface area contributed by atoms with Gasteiger partial charge in [-0.3, -0.25) is 9.69 Å². The second kappa shape index (κ2) is 8.68. The van der Waals surface area contributed by atoms with Crippen molar-refractivity contribution in [3.8, 4) is 0 Å². The molecule has 0 bridgehead atoms. The van der Waals surface area contributed by atoms with Crippen molar-refractivity contribution >= 4 is 17.6 Å². The molecule has 1 N–H and O–H groups in total. The van der Waals surface area contributed by atoms with Gasteiger partial charge in [0.25, 0.3) is 0 Å². The molecular formula is C19H25N5O3. The van der Waals surface area contributed by atoms with E-state index in [4.69, 9.17) is 4.52 Å². The summed E-state index contributed by atoms with van der Waals surface area (Å²) in [6.07, 6.45) is 0. The lowest BCUT2D eigenvalue weighted by Crippen LogP contribution is -2.53. The Balaban J connectivity index is 1.42. The van der Waals surface area contributed by atoms with Gasteiger partial charge in [-0.25, -0.2) is 4.79 Å². The molecule has 8 heteroatoms. The molecule has 0 unspecified atom stereocenters. The quantitative estimate of drug-likeness (QED) is 0.867. The second-order valence-electron chi connectivity index (χ2n) is 6.77. The number of carbonyl (C=O) groups is 2. The lowest BCUT2D eigenvalue weighted by molar-refractivity contribution is -0.133. The predicted molar refractivity (Wildman–Crippen MR) is 101 cm³/mol. The van der Waals surface area contributed by atoms with E-state index in [1.54, 1.807) is 9.80 Å².